The average molecular weight is 413 g/mol. The first-order chi connectivity index (χ1) is 13.2. The number of carbonyl (C=O) groups excluding carboxylic acids is 2. The third kappa shape index (κ3) is 3.90. The molecule has 0 saturated heterocycles. The maximum atomic E-state index is 13.1. The number of Topliss-reactive ketones (excluding diaryl/α,β-unsaturated/α-hetero) is 1. The maximum absolute atomic E-state index is 13.1. The molecule has 0 aromatic rings. The fraction of sp³-hybridized carbons (Fsp3) is 0.917. The summed E-state index contributed by atoms with van der Waals surface area (Å²) in [5.74, 6) is 2.17. The van der Waals surface area contributed by atoms with Gasteiger partial charge in [0.2, 0.25) is 0 Å². The molecular formula is C24H37NaO4. The van der Waals surface area contributed by atoms with Gasteiger partial charge >= 0.3 is 29.6 Å². The summed E-state index contributed by atoms with van der Waals surface area (Å²) in [6.07, 6.45) is 8.53. The Balaban J connectivity index is 0.00000240. The SMILES string of the molecule is C[C@H](CCC(=O)[O-])[C@H]1CC[C@H]2[C@@H]3CC(=O)C4C[C@H](O)CC[C@]4(C)[C@H]3CC[C@]12C.[Na+]. The molecular weight excluding hydrogens is 375 g/mol. The molecule has 0 spiro atoms. The Morgan fingerprint density at radius 3 is 2.48 bits per heavy atom. The summed E-state index contributed by atoms with van der Waals surface area (Å²) in [7, 11) is 0. The number of rotatable bonds is 4. The van der Waals surface area contributed by atoms with E-state index in [0.717, 1.165) is 12.8 Å². The zero-order valence-corrected chi connectivity index (χ0v) is 20.8. The summed E-state index contributed by atoms with van der Waals surface area (Å²) in [6.45, 7) is 7.00. The molecule has 0 heterocycles. The van der Waals surface area contributed by atoms with Crippen LogP contribution >= 0.6 is 0 Å². The van der Waals surface area contributed by atoms with Crippen LogP contribution in [0.15, 0.2) is 0 Å². The second-order valence-electron chi connectivity index (χ2n) is 11.2. The van der Waals surface area contributed by atoms with E-state index in [9.17, 15) is 19.8 Å². The first-order valence-electron chi connectivity index (χ1n) is 11.6. The number of aliphatic hydroxyl groups excluding tert-OH is 1. The predicted octanol–water partition coefficient (Wildman–Crippen LogP) is 0.355. The molecule has 4 fully saturated rings. The smallest absolute Gasteiger partial charge is 0.550 e. The Bertz CT molecular complexity index is 651. The Hall–Kier alpha value is 0.1000. The quantitative estimate of drug-likeness (QED) is 0.677. The van der Waals surface area contributed by atoms with Crippen molar-refractivity contribution in [2.45, 2.75) is 91.1 Å². The molecule has 0 amide bonds. The molecule has 4 aliphatic carbocycles. The molecule has 4 saturated carbocycles. The largest absolute Gasteiger partial charge is 1.00 e. The summed E-state index contributed by atoms with van der Waals surface area (Å²) in [6, 6.07) is 0. The van der Waals surface area contributed by atoms with Crippen molar-refractivity contribution in [2.75, 3.05) is 0 Å². The van der Waals surface area contributed by atoms with Gasteiger partial charge in [0.05, 0.1) is 6.10 Å². The Morgan fingerprint density at radius 2 is 1.79 bits per heavy atom. The van der Waals surface area contributed by atoms with Gasteiger partial charge in [-0.15, -0.1) is 0 Å². The minimum atomic E-state index is -0.938. The van der Waals surface area contributed by atoms with Crippen molar-refractivity contribution >= 4 is 11.8 Å². The number of carbonyl (C=O) groups is 2. The second kappa shape index (κ2) is 8.56. The molecule has 4 rings (SSSR count). The fourth-order valence-electron chi connectivity index (χ4n) is 8.54. The molecule has 0 aromatic carbocycles. The van der Waals surface area contributed by atoms with Gasteiger partial charge in [-0.25, -0.2) is 0 Å². The zero-order chi connectivity index (χ0) is 20.3. The van der Waals surface area contributed by atoms with E-state index in [2.05, 4.69) is 20.8 Å². The number of aliphatic carboxylic acids is 1. The van der Waals surface area contributed by atoms with E-state index in [1.165, 1.54) is 25.7 Å². The number of hydrogen-bond donors (Lipinski definition) is 1. The Labute approximate surface area is 197 Å². The van der Waals surface area contributed by atoms with Crippen LogP contribution in [-0.4, -0.2) is 23.0 Å². The topological polar surface area (TPSA) is 77.4 Å². The van der Waals surface area contributed by atoms with Crippen molar-refractivity contribution in [1.29, 1.82) is 0 Å². The van der Waals surface area contributed by atoms with Gasteiger partial charge < -0.3 is 15.0 Å². The molecule has 29 heavy (non-hydrogen) atoms. The molecule has 4 nitrogen and oxygen atoms in total. The van der Waals surface area contributed by atoms with Crippen LogP contribution in [0.25, 0.3) is 0 Å². The third-order valence-electron chi connectivity index (χ3n) is 9.99. The molecule has 9 atom stereocenters. The van der Waals surface area contributed by atoms with Crippen LogP contribution in [0.4, 0.5) is 0 Å². The normalized spacial score (nSPS) is 47.4. The van der Waals surface area contributed by atoms with Crippen LogP contribution in [0.5, 0.6) is 0 Å². The van der Waals surface area contributed by atoms with Gasteiger partial charge in [0.15, 0.2) is 0 Å². The van der Waals surface area contributed by atoms with Crippen molar-refractivity contribution in [3.63, 3.8) is 0 Å². The molecule has 5 heteroatoms. The number of aliphatic hydroxyl groups is 1. The number of carboxylic acid groups (broad SMARTS) is 1. The third-order valence-corrected chi connectivity index (χ3v) is 9.99. The van der Waals surface area contributed by atoms with E-state index < -0.39 is 5.97 Å². The summed E-state index contributed by atoms with van der Waals surface area (Å²) in [5, 5.41) is 21.1. The van der Waals surface area contributed by atoms with Crippen LogP contribution in [0.3, 0.4) is 0 Å². The molecule has 0 aromatic heterocycles. The van der Waals surface area contributed by atoms with Gasteiger partial charge in [-0.05, 0) is 98.2 Å². The molecule has 0 radical (unpaired) electrons. The summed E-state index contributed by atoms with van der Waals surface area (Å²) in [4.78, 5) is 24.1. The van der Waals surface area contributed by atoms with Gasteiger partial charge in [-0.2, -0.15) is 0 Å². The van der Waals surface area contributed by atoms with Crippen LogP contribution < -0.4 is 34.7 Å². The summed E-state index contributed by atoms with van der Waals surface area (Å²) < 4.78 is 0. The van der Waals surface area contributed by atoms with Crippen LogP contribution in [0.1, 0.15) is 85.0 Å². The first kappa shape index (κ1) is 23.8. The van der Waals surface area contributed by atoms with E-state index in [0.29, 0.717) is 54.6 Å². The second-order valence-corrected chi connectivity index (χ2v) is 11.2. The van der Waals surface area contributed by atoms with Crippen LogP contribution in [-0.2, 0) is 9.59 Å². The number of ketones is 1. The maximum Gasteiger partial charge on any atom is 1.00 e. The van der Waals surface area contributed by atoms with E-state index in [4.69, 9.17) is 0 Å². The van der Waals surface area contributed by atoms with Crippen LogP contribution in [0, 0.1) is 46.3 Å². The molecule has 158 valence electrons. The van der Waals surface area contributed by atoms with Crippen molar-refractivity contribution < 1.29 is 49.4 Å². The minimum Gasteiger partial charge on any atom is -0.550 e. The number of fused-ring (bicyclic) bond motifs is 5. The summed E-state index contributed by atoms with van der Waals surface area (Å²) >= 11 is 0. The van der Waals surface area contributed by atoms with Gasteiger partial charge in [-0.3, -0.25) is 4.79 Å². The monoisotopic (exact) mass is 412 g/mol. The van der Waals surface area contributed by atoms with Gasteiger partial charge in [0.1, 0.15) is 5.78 Å². The van der Waals surface area contributed by atoms with Crippen molar-refractivity contribution in [2.24, 2.45) is 46.3 Å². The van der Waals surface area contributed by atoms with Crippen molar-refractivity contribution in [3.8, 4) is 0 Å². The minimum absolute atomic E-state index is 0. The number of carboxylic acids is 1. The van der Waals surface area contributed by atoms with Crippen LogP contribution in [0.2, 0.25) is 0 Å². The molecule has 0 aliphatic heterocycles. The average Bonchev–Trinajstić information content (AvgIpc) is 2.99. The summed E-state index contributed by atoms with van der Waals surface area (Å²) in [5.41, 5.74) is 0.309. The first-order valence-corrected chi connectivity index (χ1v) is 11.6. The zero-order valence-electron chi connectivity index (χ0n) is 18.8. The van der Waals surface area contributed by atoms with Gasteiger partial charge in [-0.1, -0.05) is 20.8 Å². The van der Waals surface area contributed by atoms with E-state index >= 15 is 0 Å². The standard InChI is InChI=1S/C24H38O4.Na/c1-14(4-7-22(27)28)17-5-6-18-16-13-21(26)20-12-15(25)8-10-24(20,3)19(16)9-11-23(17,18)2;/h14-20,25H,4-13H2,1-3H3,(H,27,28);/q;+1/p-1/t14-,15-,16+,17-,18+,19+,20?,23-,24-;/m1./s1. The molecule has 1 unspecified atom stereocenters. The fourth-order valence-corrected chi connectivity index (χ4v) is 8.54. The van der Waals surface area contributed by atoms with E-state index in [-0.39, 0.29) is 58.8 Å². The molecule has 0 bridgehead atoms. The van der Waals surface area contributed by atoms with E-state index in [1.54, 1.807) is 0 Å². The predicted molar refractivity (Wildman–Crippen MR) is 105 cm³/mol. The van der Waals surface area contributed by atoms with E-state index in [1.807, 2.05) is 0 Å². The Kier molecular flexibility index (Phi) is 7.01. The number of hydrogen-bond acceptors (Lipinski definition) is 4. The van der Waals surface area contributed by atoms with Crippen molar-refractivity contribution in [1.82, 2.24) is 0 Å². The molecule has 4 aliphatic rings. The Morgan fingerprint density at radius 1 is 1.14 bits per heavy atom. The van der Waals surface area contributed by atoms with Gasteiger partial charge in [0.25, 0.3) is 0 Å². The molecule has 1 N–H and O–H groups in total. The van der Waals surface area contributed by atoms with Gasteiger partial charge in [0, 0.05) is 18.3 Å². The van der Waals surface area contributed by atoms with Crippen molar-refractivity contribution in [3.05, 3.63) is 0 Å².